The monoisotopic (exact) mass is 250 g/mol. The van der Waals surface area contributed by atoms with Crippen molar-refractivity contribution in [3.05, 3.63) is 29.8 Å². The van der Waals surface area contributed by atoms with Crippen LogP contribution in [0, 0.1) is 5.41 Å². The highest BCUT2D eigenvalue weighted by molar-refractivity contribution is 5.75. The van der Waals surface area contributed by atoms with Gasteiger partial charge in [-0.1, -0.05) is 18.2 Å². The summed E-state index contributed by atoms with van der Waals surface area (Å²) in [7, 11) is 0. The molecule has 1 rings (SSSR count). The van der Waals surface area contributed by atoms with Crippen LogP contribution in [-0.2, 0) is 16.0 Å². The summed E-state index contributed by atoms with van der Waals surface area (Å²) in [4.78, 5) is 11.7. The Morgan fingerprint density at radius 2 is 1.94 bits per heavy atom. The SMILES string of the molecule is CC(CCc1ccccc1O)OC(=O)C(C)(C)C. The summed E-state index contributed by atoms with van der Waals surface area (Å²) >= 11 is 0. The Morgan fingerprint density at radius 3 is 2.50 bits per heavy atom. The van der Waals surface area contributed by atoms with Crippen molar-refractivity contribution in [3.8, 4) is 5.75 Å². The van der Waals surface area contributed by atoms with E-state index >= 15 is 0 Å². The van der Waals surface area contributed by atoms with Gasteiger partial charge in [0.2, 0.25) is 0 Å². The number of phenolic OH excluding ortho intramolecular Hbond substituents is 1. The van der Waals surface area contributed by atoms with Crippen molar-refractivity contribution in [2.24, 2.45) is 5.41 Å². The standard InChI is InChI=1S/C15H22O3/c1-11(18-14(17)15(2,3)4)9-10-12-7-5-6-8-13(12)16/h5-8,11,16H,9-10H2,1-4H3. The number of hydrogen-bond donors (Lipinski definition) is 1. The smallest absolute Gasteiger partial charge is 0.311 e. The van der Waals surface area contributed by atoms with Gasteiger partial charge >= 0.3 is 5.97 Å². The van der Waals surface area contributed by atoms with Crippen molar-refractivity contribution in [2.75, 3.05) is 0 Å². The second-order valence-electron chi connectivity index (χ2n) is 5.63. The quantitative estimate of drug-likeness (QED) is 0.834. The first-order valence-corrected chi connectivity index (χ1v) is 6.28. The van der Waals surface area contributed by atoms with Gasteiger partial charge in [-0.15, -0.1) is 0 Å². The molecule has 1 N–H and O–H groups in total. The van der Waals surface area contributed by atoms with Crippen LogP contribution in [-0.4, -0.2) is 17.2 Å². The number of benzene rings is 1. The molecule has 0 saturated heterocycles. The Kier molecular flexibility index (Phi) is 4.76. The van der Waals surface area contributed by atoms with Crippen molar-refractivity contribution >= 4 is 5.97 Å². The second kappa shape index (κ2) is 5.89. The molecule has 0 spiro atoms. The van der Waals surface area contributed by atoms with Crippen LogP contribution >= 0.6 is 0 Å². The molecular weight excluding hydrogens is 228 g/mol. The Balaban J connectivity index is 2.45. The highest BCUT2D eigenvalue weighted by Gasteiger charge is 2.24. The fourth-order valence-corrected chi connectivity index (χ4v) is 1.50. The molecule has 1 atom stereocenters. The summed E-state index contributed by atoms with van der Waals surface area (Å²) in [5, 5.41) is 9.63. The van der Waals surface area contributed by atoms with Crippen molar-refractivity contribution in [3.63, 3.8) is 0 Å². The highest BCUT2D eigenvalue weighted by Crippen LogP contribution is 2.20. The van der Waals surface area contributed by atoms with Gasteiger partial charge in [0.05, 0.1) is 11.5 Å². The third-order valence-corrected chi connectivity index (χ3v) is 2.73. The fourth-order valence-electron chi connectivity index (χ4n) is 1.50. The van der Waals surface area contributed by atoms with Gasteiger partial charge in [0.15, 0.2) is 0 Å². The number of rotatable bonds is 4. The van der Waals surface area contributed by atoms with Gasteiger partial charge in [-0.25, -0.2) is 0 Å². The van der Waals surface area contributed by atoms with E-state index in [1.807, 2.05) is 39.8 Å². The van der Waals surface area contributed by atoms with Crippen LogP contribution in [0.4, 0.5) is 0 Å². The average Bonchev–Trinajstić information content (AvgIpc) is 2.26. The summed E-state index contributed by atoms with van der Waals surface area (Å²) in [6.07, 6.45) is 1.27. The Bertz CT molecular complexity index is 404. The number of aromatic hydroxyl groups is 1. The van der Waals surface area contributed by atoms with Gasteiger partial charge in [0, 0.05) is 0 Å². The third kappa shape index (κ3) is 4.40. The molecule has 0 fully saturated rings. The molecule has 0 aliphatic heterocycles. The van der Waals surface area contributed by atoms with Crippen LogP contribution in [0.3, 0.4) is 0 Å². The summed E-state index contributed by atoms with van der Waals surface area (Å²) in [6.45, 7) is 7.39. The van der Waals surface area contributed by atoms with Gasteiger partial charge in [-0.05, 0) is 52.2 Å². The first kappa shape index (κ1) is 14.6. The lowest BCUT2D eigenvalue weighted by Crippen LogP contribution is -2.27. The third-order valence-electron chi connectivity index (χ3n) is 2.73. The topological polar surface area (TPSA) is 46.5 Å². The predicted molar refractivity (Wildman–Crippen MR) is 71.4 cm³/mol. The maximum atomic E-state index is 11.7. The van der Waals surface area contributed by atoms with Crippen molar-refractivity contribution in [2.45, 2.75) is 46.6 Å². The number of carbonyl (C=O) groups is 1. The molecule has 1 unspecified atom stereocenters. The zero-order valence-corrected chi connectivity index (χ0v) is 11.6. The van der Waals surface area contributed by atoms with E-state index in [-0.39, 0.29) is 12.1 Å². The Labute approximate surface area is 109 Å². The number of hydrogen-bond acceptors (Lipinski definition) is 3. The van der Waals surface area contributed by atoms with E-state index in [9.17, 15) is 9.90 Å². The van der Waals surface area contributed by atoms with Crippen molar-refractivity contribution < 1.29 is 14.6 Å². The molecule has 0 heterocycles. The summed E-state index contributed by atoms with van der Waals surface area (Å²) in [5.74, 6) is 0.110. The Morgan fingerprint density at radius 1 is 1.33 bits per heavy atom. The minimum atomic E-state index is -0.469. The zero-order chi connectivity index (χ0) is 13.8. The minimum Gasteiger partial charge on any atom is -0.508 e. The van der Waals surface area contributed by atoms with Crippen LogP contribution < -0.4 is 0 Å². The molecule has 0 saturated carbocycles. The average molecular weight is 250 g/mol. The zero-order valence-electron chi connectivity index (χ0n) is 11.6. The van der Waals surface area contributed by atoms with E-state index < -0.39 is 5.41 Å². The first-order chi connectivity index (χ1) is 8.30. The predicted octanol–water partition coefficient (Wildman–Crippen LogP) is 3.30. The summed E-state index contributed by atoms with van der Waals surface area (Å²) in [6, 6.07) is 7.23. The van der Waals surface area contributed by atoms with Crippen LogP contribution in [0.5, 0.6) is 5.75 Å². The lowest BCUT2D eigenvalue weighted by atomic mass is 9.97. The van der Waals surface area contributed by atoms with E-state index in [1.165, 1.54) is 0 Å². The second-order valence-corrected chi connectivity index (χ2v) is 5.63. The summed E-state index contributed by atoms with van der Waals surface area (Å²) in [5.41, 5.74) is 0.416. The molecule has 0 aromatic heterocycles. The molecule has 0 radical (unpaired) electrons. The molecule has 3 heteroatoms. The normalized spacial score (nSPS) is 13.1. The van der Waals surface area contributed by atoms with Gasteiger partial charge in [0.25, 0.3) is 0 Å². The van der Waals surface area contributed by atoms with Crippen molar-refractivity contribution in [1.82, 2.24) is 0 Å². The number of esters is 1. The van der Waals surface area contributed by atoms with E-state index in [0.29, 0.717) is 18.6 Å². The van der Waals surface area contributed by atoms with E-state index in [2.05, 4.69) is 0 Å². The molecule has 0 amide bonds. The minimum absolute atomic E-state index is 0.142. The fraction of sp³-hybridized carbons (Fsp3) is 0.533. The van der Waals surface area contributed by atoms with Crippen LogP contribution in [0.2, 0.25) is 0 Å². The van der Waals surface area contributed by atoms with E-state index in [0.717, 1.165) is 5.56 Å². The van der Waals surface area contributed by atoms with E-state index in [1.54, 1.807) is 12.1 Å². The lowest BCUT2D eigenvalue weighted by molar-refractivity contribution is -0.158. The Hall–Kier alpha value is -1.51. The first-order valence-electron chi connectivity index (χ1n) is 6.28. The van der Waals surface area contributed by atoms with Crippen molar-refractivity contribution in [1.29, 1.82) is 0 Å². The van der Waals surface area contributed by atoms with Crippen LogP contribution in [0.1, 0.15) is 39.7 Å². The maximum Gasteiger partial charge on any atom is 0.311 e. The van der Waals surface area contributed by atoms with Gasteiger partial charge < -0.3 is 9.84 Å². The van der Waals surface area contributed by atoms with Gasteiger partial charge in [0.1, 0.15) is 5.75 Å². The van der Waals surface area contributed by atoms with Crippen LogP contribution in [0.25, 0.3) is 0 Å². The lowest BCUT2D eigenvalue weighted by Gasteiger charge is -2.21. The number of para-hydroxylation sites is 1. The molecule has 0 bridgehead atoms. The molecule has 3 nitrogen and oxygen atoms in total. The molecule has 1 aromatic carbocycles. The number of ether oxygens (including phenoxy) is 1. The molecule has 100 valence electrons. The van der Waals surface area contributed by atoms with Gasteiger partial charge in [-0.2, -0.15) is 0 Å². The number of aryl methyl sites for hydroxylation is 1. The molecular formula is C15H22O3. The molecule has 18 heavy (non-hydrogen) atoms. The molecule has 0 aliphatic carbocycles. The highest BCUT2D eigenvalue weighted by atomic mass is 16.5. The van der Waals surface area contributed by atoms with Crippen LogP contribution in [0.15, 0.2) is 24.3 Å². The summed E-state index contributed by atoms with van der Waals surface area (Å²) < 4.78 is 5.36. The number of carbonyl (C=O) groups excluding carboxylic acids is 1. The van der Waals surface area contributed by atoms with E-state index in [4.69, 9.17) is 4.74 Å². The number of phenols is 1. The molecule has 1 aromatic rings. The largest absolute Gasteiger partial charge is 0.508 e. The molecule has 0 aliphatic rings. The maximum absolute atomic E-state index is 11.7. The van der Waals surface area contributed by atoms with Gasteiger partial charge in [-0.3, -0.25) is 4.79 Å².